The van der Waals surface area contributed by atoms with E-state index in [-0.39, 0.29) is 21.7 Å². The van der Waals surface area contributed by atoms with Crippen LogP contribution in [0.5, 0.6) is 0 Å². The largest absolute Gasteiger partial charge is 0.392 e. The summed E-state index contributed by atoms with van der Waals surface area (Å²) >= 11 is 7.20. The van der Waals surface area contributed by atoms with E-state index in [1.807, 2.05) is 0 Å². The van der Waals surface area contributed by atoms with Gasteiger partial charge < -0.3 is 4.84 Å². The third-order valence-corrected chi connectivity index (χ3v) is 6.71. The Morgan fingerprint density at radius 1 is 1.31 bits per heavy atom. The highest BCUT2D eigenvalue weighted by Crippen LogP contribution is 2.25. The van der Waals surface area contributed by atoms with Crippen molar-refractivity contribution in [3.8, 4) is 0 Å². The summed E-state index contributed by atoms with van der Waals surface area (Å²) in [5, 5.41) is 7.09. The second kappa shape index (κ2) is 9.19. The van der Waals surface area contributed by atoms with Crippen LogP contribution in [0.15, 0.2) is 28.3 Å². The maximum absolute atomic E-state index is 12.8. The smallest absolute Gasteiger partial charge is 0.280 e. The molecule has 0 unspecified atom stereocenters. The molecule has 1 aromatic heterocycles. The molecule has 29 heavy (non-hydrogen) atoms. The summed E-state index contributed by atoms with van der Waals surface area (Å²) in [4.78, 5) is 22.6. The van der Waals surface area contributed by atoms with Crippen molar-refractivity contribution in [2.24, 2.45) is 5.16 Å². The Hall–Kier alpha value is -2.04. The fourth-order valence-electron chi connectivity index (χ4n) is 2.98. The number of hydrogen-bond acceptors (Lipinski definition) is 8. The number of oxime groups is 1. The highest BCUT2D eigenvalue weighted by Gasteiger charge is 2.22. The van der Waals surface area contributed by atoms with E-state index in [4.69, 9.17) is 16.4 Å². The lowest BCUT2D eigenvalue weighted by Crippen LogP contribution is -2.25. The molecule has 1 aromatic carbocycles. The highest BCUT2D eigenvalue weighted by atomic mass is 35.5. The van der Waals surface area contributed by atoms with Crippen LogP contribution in [0.3, 0.4) is 0 Å². The minimum absolute atomic E-state index is 0.00891. The molecule has 0 bridgehead atoms. The second-order valence-electron chi connectivity index (χ2n) is 6.82. The number of amides is 1. The standard InChI is InChI=1S/C18H21ClN4O4S2/c1-11-20-18(28-23-11)21-17(24)16(22-27-13-6-4-3-5-7-13)12-8-9-15(14(19)10-12)29(2,25)26/h8-10,13H,3-7H2,1-2H3,(H,20,21,23,24)/b22-16-. The predicted molar refractivity (Wildman–Crippen MR) is 112 cm³/mol. The Balaban J connectivity index is 1.91. The van der Waals surface area contributed by atoms with Gasteiger partial charge in [-0.15, -0.1) is 0 Å². The van der Waals surface area contributed by atoms with Crippen molar-refractivity contribution in [3.05, 3.63) is 34.6 Å². The Bertz CT molecular complexity index is 1030. The van der Waals surface area contributed by atoms with Gasteiger partial charge in [-0.1, -0.05) is 29.2 Å². The lowest BCUT2D eigenvalue weighted by atomic mass is 9.98. The first-order chi connectivity index (χ1) is 13.7. The quantitative estimate of drug-likeness (QED) is 0.525. The molecule has 1 saturated carbocycles. The number of hydrogen-bond donors (Lipinski definition) is 1. The molecule has 1 aliphatic rings. The van der Waals surface area contributed by atoms with Gasteiger partial charge in [-0.2, -0.15) is 4.37 Å². The molecular formula is C18H21ClN4O4S2. The van der Waals surface area contributed by atoms with Crippen LogP contribution in [-0.2, 0) is 19.5 Å². The fraction of sp³-hybridized carbons (Fsp3) is 0.444. The van der Waals surface area contributed by atoms with Crippen LogP contribution in [0.1, 0.15) is 43.5 Å². The van der Waals surface area contributed by atoms with Crippen molar-refractivity contribution in [2.45, 2.75) is 50.0 Å². The summed E-state index contributed by atoms with van der Waals surface area (Å²) in [6.07, 6.45) is 6.04. The molecule has 156 valence electrons. The summed E-state index contributed by atoms with van der Waals surface area (Å²) in [7, 11) is -3.49. The van der Waals surface area contributed by atoms with E-state index in [1.165, 1.54) is 18.2 Å². The van der Waals surface area contributed by atoms with Gasteiger partial charge in [0.1, 0.15) is 11.9 Å². The Morgan fingerprint density at radius 2 is 2.03 bits per heavy atom. The van der Waals surface area contributed by atoms with Gasteiger partial charge in [0.15, 0.2) is 15.5 Å². The number of rotatable bonds is 6. The molecule has 8 nitrogen and oxygen atoms in total. The first-order valence-corrected chi connectivity index (χ1v) is 12.1. The summed E-state index contributed by atoms with van der Waals surface area (Å²) in [5.41, 5.74) is 0.335. The number of halogens is 1. The number of carbonyl (C=O) groups is 1. The van der Waals surface area contributed by atoms with Gasteiger partial charge in [-0.3, -0.25) is 10.1 Å². The van der Waals surface area contributed by atoms with E-state index in [9.17, 15) is 13.2 Å². The molecular weight excluding hydrogens is 436 g/mol. The lowest BCUT2D eigenvalue weighted by molar-refractivity contribution is -0.110. The van der Waals surface area contributed by atoms with Gasteiger partial charge >= 0.3 is 0 Å². The van der Waals surface area contributed by atoms with E-state index in [0.717, 1.165) is 49.9 Å². The number of carbonyl (C=O) groups excluding carboxylic acids is 1. The first kappa shape index (κ1) is 21.7. The van der Waals surface area contributed by atoms with Gasteiger partial charge in [-0.25, -0.2) is 13.4 Å². The summed E-state index contributed by atoms with van der Waals surface area (Å²) in [6, 6.07) is 4.23. The molecule has 1 amide bonds. The van der Waals surface area contributed by atoms with Crippen LogP contribution in [-0.4, -0.2) is 41.8 Å². The molecule has 0 saturated heterocycles. The van der Waals surface area contributed by atoms with Gasteiger partial charge in [0.2, 0.25) is 5.13 Å². The Morgan fingerprint density at radius 3 is 2.62 bits per heavy atom. The van der Waals surface area contributed by atoms with Crippen molar-refractivity contribution in [3.63, 3.8) is 0 Å². The third-order valence-electron chi connectivity index (χ3n) is 4.41. The maximum atomic E-state index is 12.8. The van der Waals surface area contributed by atoms with Gasteiger partial charge in [0.05, 0.1) is 9.92 Å². The number of aromatic nitrogens is 2. The molecule has 1 heterocycles. The van der Waals surface area contributed by atoms with Crippen molar-refractivity contribution >= 4 is 49.7 Å². The number of nitrogens with zero attached hydrogens (tertiary/aromatic N) is 3. The molecule has 0 atom stereocenters. The maximum Gasteiger partial charge on any atom is 0.280 e. The van der Waals surface area contributed by atoms with E-state index >= 15 is 0 Å². The molecule has 11 heteroatoms. The average molecular weight is 457 g/mol. The zero-order chi connectivity index (χ0) is 21.0. The summed E-state index contributed by atoms with van der Waals surface area (Å²) in [5.74, 6) is 0.00271. The lowest BCUT2D eigenvalue weighted by Gasteiger charge is -2.20. The first-order valence-electron chi connectivity index (χ1n) is 9.09. The summed E-state index contributed by atoms with van der Waals surface area (Å²) < 4.78 is 27.7. The van der Waals surface area contributed by atoms with Crippen LogP contribution in [0, 0.1) is 6.92 Å². The van der Waals surface area contributed by atoms with Crippen molar-refractivity contribution in [2.75, 3.05) is 11.6 Å². The van der Waals surface area contributed by atoms with Crippen LogP contribution in [0.2, 0.25) is 5.02 Å². The van der Waals surface area contributed by atoms with Crippen LogP contribution in [0.25, 0.3) is 0 Å². The van der Waals surface area contributed by atoms with Gasteiger partial charge in [-0.05, 0) is 44.7 Å². The minimum atomic E-state index is -3.49. The van der Waals surface area contributed by atoms with E-state index in [2.05, 4.69) is 19.8 Å². The van der Waals surface area contributed by atoms with Crippen molar-refractivity contribution < 1.29 is 18.0 Å². The molecule has 3 rings (SSSR count). The monoisotopic (exact) mass is 456 g/mol. The van der Waals surface area contributed by atoms with Crippen LogP contribution >= 0.6 is 23.1 Å². The number of nitrogens with one attached hydrogen (secondary N) is 1. The summed E-state index contributed by atoms with van der Waals surface area (Å²) in [6.45, 7) is 1.72. The van der Waals surface area contributed by atoms with Crippen LogP contribution in [0.4, 0.5) is 5.13 Å². The zero-order valence-corrected chi connectivity index (χ0v) is 18.4. The molecule has 1 aliphatic carbocycles. The molecule has 1 fully saturated rings. The van der Waals surface area contributed by atoms with Crippen molar-refractivity contribution in [1.82, 2.24) is 9.36 Å². The number of sulfone groups is 1. The number of benzene rings is 1. The van der Waals surface area contributed by atoms with E-state index < -0.39 is 15.7 Å². The minimum Gasteiger partial charge on any atom is -0.392 e. The Kier molecular flexibility index (Phi) is 6.86. The SMILES string of the molecule is Cc1nsc(NC(=O)/C(=N\OC2CCCCC2)c2ccc(S(C)(=O)=O)c(Cl)c2)n1. The predicted octanol–water partition coefficient (Wildman–Crippen LogP) is 3.60. The number of anilines is 1. The average Bonchev–Trinajstić information content (AvgIpc) is 3.06. The second-order valence-corrected chi connectivity index (χ2v) is 9.97. The molecule has 2 aromatic rings. The number of aryl methyl sites for hydroxylation is 1. The third kappa shape index (κ3) is 5.74. The normalized spacial score (nSPS) is 15.9. The topological polar surface area (TPSA) is 111 Å². The molecule has 0 spiro atoms. The fourth-order valence-corrected chi connectivity index (χ4v) is 4.88. The molecule has 0 radical (unpaired) electrons. The Labute approximate surface area is 178 Å². The van der Waals surface area contributed by atoms with E-state index in [1.54, 1.807) is 6.92 Å². The van der Waals surface area contributed by atoms with E-state index in [0.29, 0.717) is 16.5 Å². The molecule has 1 N–H and O–H groups in total. The van der Waals surface area contributed by atoms with Crippen molar-refractivity contribution in [1.29, 1.82) is 0 Å². The van der Waals surface area contributed by atoms with Crippen LogP contribution < -0.4 is 5.32 Å². The highest BCUT2D eigenvalue weighted by molar-refractivity contribution is 7.90. The zero-order valence-electron chi connectivity index (χ0n) is 16.0. The van der Waals surface area contributed by atoms with Gasteiger partial charge in [0, 0.05) is 23.4 Å². The van der Waals surface area contributed by atoms with Gasteiger partial charge in [0.25, 0.3) is 5.91 Å². The molecule has 0 aliphatic heterocycles.